The van der Waals surface area contributed by atoms with Crippen molar-refractivity contribution in [1.29, 1.82) is 0 Å². The number of methoxy groups -OCH3 is 1. The monoisotopic (exact) mass is 784 g/mol. The zero-order valence-corrected chi connectivity index (χ0v) is 33.7. The molecule has 2 aromatic carbocycles. The van der Waals surface area contributed by atoms with Gasteiger partial charge in [-0.1, -0.05) is 76.3 Å². The minimum atomic E-state index is -1.98. The van der Waals surface area contributed by atoms with Crippen LogP contribution in [-0.2, 0) is 30.3 Å². The van der Waals surface area contributed by atoms with Crippen molar-refractivity contribution >= 4 is 34.9 Å². The number of carbonyl (C=O) groups excluding carboxylic acids is 5. The summed E-state index contributed by atoms with van der Waals surface area (Å²) >= 11 is 0. The Bertz CT molecular complexity index is 2050. The van der Waals surface area contributed by atoms with Crippen LogP contribution in [0.25, 0.3) is 0 Å². The van der Waals surface area contributed by atoms with Crippen LogP contribution in [0.5, 0.6) is 5.75 Å². The molecule has 9 atom stereocenters. The molecule has 0 fully saturated rings. The molecule has 0 aromatic heterocycles. The molecule has 13 heteroatoms. The van der Waals surface area contributed by atoms with Gasteiger partial charge in [0.15, 0.2) is 5.78 Å². The summed E-state index contributed by atoms with van der Waals surface area (Å²) in [7, 11) is 1.45. The van der Waals surface area contributed by atoms with Crippen LogP contribution in [0.2, 0.25) is 0 Å². The molecule has 3 heterocycles. The molecule has 3 aliphatic heterocycles. The topological polar surface area (TPSA) is 187 Å². The van der Waals surface area contributed by atoms with Crippen molar-refractivity contribution in [3.05, 3.63) is 106 Å². The van der Waals surface area contributed by atoms with E-state index in [1.807, 2.05) is 30.3 Å². The van der Waals surface area contributed by atoms with Gasteiger partial charge in [0.2, 0.25) is 5.78 Å². The summed E-state index contributed by atoms with van der Waals surface area (Å²) in [6.45, 7) is 13.0. The van der Waals surface area contributed by atoms with Gasteiger partial charge in [-0.15, -0.1) is 0 Å². The molecule has 5 bridgehead atoms. The highest BCUT2D eigenvalue weighted by Crippen LogP contribution is 2.47. The molecule has 4 N–H and O–H groups in total. The Balaban J connectivity index is 1.63. The standard InChI is InChI=1S/C44H52N2O11/c1-22-14-13-15-23(2)43(53)46-30-20-31(48)33-34(39(30)51)36(45-21-29-16-11-10-12-17-29)25(4)41-35(33)42(52)44(8,57-41)55-19-18-32(54-9)24(3)40(56-28(7)47)27(6)38(50)26(5)37(22)49/h10-20,22,24,26-27,32,37-38,40,45,49-50H,21H2,1-9H3,(H,46,53)/b14-13+,19-18+,23-15-/t22-,24+,26+,27+,32-,37-,38+,40+,44-/m0/s1. The van der Waals surface area contributed by atoms with E-state index in [2.05, 4.69) is 10.6 Å². The number of benzene rings is 2. The SMILES string of the molecule is CO[C@H]1/C=C/O[C@@]2(C)Oc3c(C)c(NCc4ccccc4)c4c(c3C2=O)C(=O)C=C(NC(=O)/C(C)=C\C=C\[C@H](C)[C@H](O)[C@@H](C)[C@@H](O)[C@@H](C)[C@H](OC(C)=O)[C@@H]1C)C4=O. The summed E-state index contributed by atoms with van der Waals surface area (Å²) in [6, 6.07) is 9.37. The summed E-state index contributed by atoms with van der Waals surface area (Å²) in [4.78, 5) is 68.4. The molecule has 304 valence electrons. The van der Waals surface area contributed by atoms with E-state index in [1.165, 1.54) is 46.3 Å². The summed E-state index contributed by atoms with van der Waals surface area (Å²) < 4.78 is 23.8. The summed E-state index contributed by atoms with van der Waals surface area (Å²) in [6.07, 6.45) is 4.70. The van der Waals surface area contributed by atoms with Crippen molar-refractivity contribution < 1.29 is 53.1 Å². The van der Waals surface area contributed by atoms with Crippen LogP contribution in [0.1, 0.15) is 90.7 Å². The van der Waals surface area contributed by atoms with Gasteiger partial charge in [0.25, 0.3) is 11.7 Å². The van der Waals surface area contributed by atoms with Gasteiger partial charge in [-0.2, -0.15) is 0 Å². The van der Waals surface area contributed by atoms with Crippen LogP contribution in [0.3, 0.4) is 0 Å². The number of nitrogens with one attached hydrogen (secondary N) is 2. The van der Waals surface area contributed by atoms with Crippen molar-refractivity contribution in [3.63, 3.8) is 0 Å². The number of anilines is 1. The number of ether oxygens (including phenoxy) is 4. The molecular formula is C44H52N2O11. The smallest absolute Gasteiger partial charge is 0.312 e. The molecule has 4 aliphatic rings. The number of hydrogen-bond acceptors (Lipinski definition) is 12. The summed E-state index contributed by atoms with van der Waals surface area (Å²) in [5.41, 5.74) is 1.03. The van der Waals surface area contributed by atoms with Crippen LogP contribution in [0.15, 0.2) is 78.2 Å². The van der Waals surface area contributed by atoms with Gasteiger partial charge in [-0.3, -0.25) is 24.0 Å². The normalized spacial score (nSPS) is 31.6. The van der Waals surface area contributed by atoms with E-state index < -0.39 is 83.1 Å². The number of amides is 1. The van der Waals surface area contributed by atoms with E-state index in [-0.39, 0.29) is 45.9 Å². The predicted molar refractivity (Wildman–Crippen MR) is 211 cm³/mol. The van der Waals surface area contributed by atoms with Crippen LogP contribution in [0.4, 0.5) is 5.69 Å². The van der Waals surface area contributed by atoms with Crippen molar-refractivity contribution in [1.82, 2.24) is 5.32 Å². The number of fused-ring (bicyclic) bond motifs is 14. The zero-order valence-electron chi connectivity index (χ0n) is 33.7. The van der Waals surface area contributed by atoms with Crippen molar-refractivity contribution in [3.8, 4) is 5.75 Å². The first-order valence-corrected chi connectivity index (χ1v) is 19.0. The molecule has 0 spiro atoms. The van der Waals surface area contributed by atoms with Crippen LogP contribution in [-0.4, -0.2) is 76.8 Å². The lowest BCUT2D eigenvalue weighted by Gasteiger charge is -2.38. The van der Waals surface area contributed by atoms with E-state index in [9.17, 15) is 34.2 Å². The molecule has 6 rings (SSSR count). The largest absolute Gasteiger partial charge is 0.462 e. The molecule has 57 heavy (non-hydrogen) atoms. The maximum absolute atomic E-state index is 14.3. The van der Waals surface area contributed by atoms with E-state index in [4.69, 9.17) is 18.9 Å². The predicted octanol–water partition coefficient (Wildman–Crippen LogP) is 5.54. The van der Waals surface area contributed by atoms with Gasteiger partial charge < -0.3 is 39.8 Å². The number of hydrogen-bond donors (Lipinski definition) is 4. The first-order chi connectivity index (χ1) is 26.9. The van der Waals surface area contributed by atoms with E-state index in [0.29, 0.717) is 5.56 Å². The average Bonchev–Trinajstić information content (AvgIpc) is 3.45. The van der Waals surface area contributed by atoms with Gasteiger partial charge in [-0.05, 0) is 25.5 Å². The van der Waals surface area contributed by atoms with Gasteiger partial charge >= 0.3 is 11.8 Å². The lowest BCUT2D eigenvalue weighted by molar-refractivity contribution is -0.160. The first kappa shape index (κ1) is 42.8. The Morgan fingerprint density at radius 1 is 0.930 bits per heavy atom. The maximum Gasteiger partial charge on any atom is 0.312 e. The Hall–Kier alpha value is -5.37. The maximum atomic E-state index is 14.3. The number of rotatable bonds is 5. The van der Waals surface area contributed by atoms with Crippen LogP contribution < -0.4 is 15.4 Å². The number of aliphatic hydroxyl groups is 2. The lowest BCUT2D eigenvalue weighted by Crippen LogP contribution is -2.46. The minimum Gasteiger partial charge on any atom is -0.462 e. The highest BCUT2D eigenvalue weighted by molar-refractivity contribution is 6.31. The van der Waals surface area contributed by atoms with Crippen molar-refractivity contribution in [2.45, 2.75) is 92.1 Å². The summed E-state index contributed by atoms with van der Waals surface area (Å²) in [5.74, 6) is -7.65. The van der Waals surface area contributed by atoms with Crippen LogP contribution in [0, 0.1) is 30.6 Å². The van der Waals surface area contributed by atoms with Crippen molar-refractivity contribution in [2.24, 2.45) is 23.7 Å². The average molecular weight is 785 g/mol. The molecule has 1 amide bonds. The fourth-order valence-corrected chi connectivity index (χ4v) is 7.65. The second-order valence-electron chi connectivity index (χ2n) is 15.2. The molecule has 13 nitrogen and oxygen atoms in total. The fraction of sp³-hybridized carbons (Fsp3) is 0.432. The van der Waals surface area contributed by atoms with Gasteiger partial charge in [0.1, 0.15) is 11.9 Å². The highest BCUT2D eigenvalue weighted by atomic mass is 16.7. The Morgan fingerprint density at radius 3 is 2.26 bits per heavy atom. The van der Waals surface area contributed by atoms with E-state index in [1.54, 1.807) is 46.8 Å². The molecule has 0 radical (unpaired) electrons. The Labute approximate surface area is 332 Å². The fourth-order valence-electron chi connectivity index (χ4n) is 7.65. The third-order valence-electron chi connectivity index (χ3n) is 11.1. The molecule has 2 aromatic rings. The summed E-state index contributed by atoms with van der Waals surface area (Å²) in [5, 5.41) is 28.6. The molecule has 1 aliphatic carbocycles. The van der Waals surface area contributed by atoms with E-state index in [0.717, 1.165) is 11.6 Å². The third-order valence-corrected chi connectivity index (χ3v) is 11.1. The van der Waals surface area contributed by atoms with Gasteiger partial charge in [0, 0.05) is 68.4 Å². The number of aliphatic hydroxyl groups excluding tert-OH is 2. The highest BCUT2D eigenvalue weighted by Gasteiger charge is 2.51. The Morgan fingerprint density at radius 2 is 1.61 bits per heavy atom. The molecule has 0 unspecified atom stereocenters. The zero-order chi connectivity index (χ0) is 41.9. The number of ketones is 3. The first-order valence-electron chi connectivity index (χ1n) is 19.0. The second kappa shape index (κ2) is 17.4. The molecule has 0 saturated carbocycles. The van der Waals surface area contributed by atoms with Gasteiger partial charge in [-0.25, -0.2) is 0 Å². The number of esters is 1. The number of Topliss-reactive ketones (excluding diaryl/α,β-unsaturated/α-hetero) is 2. The third kappa shape index (κ3) is 8.65. The molecular weight excluding hydrogens is 732 g/mol. The van der Waals surface area contributed by atoms with E-state index >= 15 is 0 Å². The van der Waals surface area contributed by atoms with Crippen LogP contribution >= 0.6 is 0 Å². The Kier molecular flexibility index (Phi) is 13.1. The molecule has 0 saturated heterocycles. The number of allylic oxidation sites excluding steroid dienone is 4. The van der Waals surface area contributed by atoms with Gasteiger partial charge in [0.05, 0.1) is 52.6 Å². The number of carbonyl (C=O) groups is 5. The lowest BCUT2D eigenvalue weighted by atomic mass is 9.78. The second-order valence-corrected chi connectivity index (χ2v) is 15.2. The quantitative estimate of drug-likeness (QED) is 0.278. The minimum absolute atomic E-state index is 0.0586. The van der Waals surface area contributed by atoms with Crippen molar-refractivity contribution in [2.75, 3.05) is 12.4 Å².